The number of aryl methyl sites for hydroxylation is 1. The first kappa shape index (κ1) is 24.0. The van der Waals surface area contributed by atoms with Gasteiger partial charge in [0.15, 0.2) is 17.4 Å². The smallest absolute Gasteiger partial charge is 0.419 e. The van der Waals surface area contributed by atoms with Crippen molar-refractivity contribution in [2.45, 2.75) is 19.6 Å². The molecule has 0 bridgehead atoms. The number of rotatable bonds is 5. The minimum absolute atomic E-state index is 0.0670. The average Bonchev–Trinajstić information content (AvgIpc) is 3.29. The third-order valence-corrected chi connectivity index (χ3v) is 5.11. The lowest BCUT2D eigenvalue weighted by atomic mass is 10.1. The summed E-state index contributed by atoms with van der Waals surface area (Å²) in [6, 6.07) is 7.91. The number of aromatic hydroxyl groups is 1. The number of alkyl halides is 3. The second kappa shape index (κ2) is 8.93. The molecular formula is C23H14F7N3O2. The van der Waals surface area contributed by atoms with Gasteiger partial charge in [0.1, 0.15) is 5.82 Å². The van der Waals surface area contributed by atoms with Crippen LogP contribution >= 0.6 is 0 Å². The molecule has 0 atom stereocenters. The van der Waals surface area contributed by atoms with Gasteiger partial charge in [0.05, 0.1) is 11.1 Å². The van der Waals surface area contributed by atoms with Gasteiger partial charge >= 0.3 is 6.18 Å². The van der Waals surface area contributed by atoms with Gasteiger partial charge in [-0.2, -0.15) is 22.5 Å². The fourth-order valence-corrected chi connectivity index (χ4v) is 3.24. The Balaban J connectivity index is 1.59. The largest absolute Gasteiger partial charge is 0.503 e. The minimum Gasteiger partial charge on any atom is -0.503 e. The molecule has 182 valence electrons. The Hall–Kier alpha value is -4.09. The van der Waals surface area contributed by atoms with Crippen LogP contribution in [0.2, 0.25) is 0 Å². The van der Waals surface area contributed by atoms with Crippen molar-refractivity contribution in [2.75, 3.05) is 5.32 Å². The summed E-state index contributed by atoms with van der Waals surface area (Å²) in [6.07, 6.45) is -4.84. The monoisotopic (exact) mass is 497 g/mol. The van der Waals surface area contributed by atoms with E-state index >= 15 is 0 Å². The number of hydrogen-bond acceptors (Lipinski definition) is 5. The highest BCUT2D eigenvalue weighted by Crippen LogP contribution is 2.34. The Morgan fingerprint density at radius 3 is 2.40 bits per heavy atom. The van der Waals surface area contributed by atoms with Crippen LogP contribution in [0, 0.1) is 30.2 Å². The lowest BCUT2D eigenvalue weighted by Gasteiger charge is -2.13. The van der Waals surface area contributed by atoms with E-state index in [9.17, 15) is 30.7 Å². The van der Waals surface area contributed by atoms with Crippen molar-refractivity contribution >= 4 is 5.69 Å². The molecular weight excluding hydrogens is 483 g/mol. The summed E-state index contributed by atoms with van der Waals surface area (Å²) >= 11 is 0. The first-order valence-corrected chi connectivity index (χ1v) is 9.86. The third kappa shape index (κ3) is 4.77. The van der Waals surface area contributed by atoms with E-state index in [2.05, 4.69) is 15.5 Å². The normalized spacial score (nSPS) is 11.7. The number of aromatic nitrogens is 2. The molecule has 5 nitrogen and oxygen atoms in total. The maximum Gasteiger partial charge on any atom is 0.419 e. The highest BCUT2D eigenvalue weighted by Gasteiger charge is 2.34. The van der Waals surface area contributed by atoms with Crippen molar-refractivity contribution in [1.82, 2.24) is 10.1 Å². The second-order valence-corrected chi connectivity index (χ2v) is 7.50. The van der Waals surface area contributed by atoms with Crippen LogP contribution in [0.3, 0.4) is 0 Å². The molecule has 0 saturated carbocycles. The molecule has 4 rings (SSSR count). The van der Waals surface area contributed by atoms with Crippen LogP contribution in [0.15, 0.2) is 47.0 Å². The van der Waals surface area contributed by atoms with Crippen molar-refractivity contribution in [1.29, 1.82) is 0 Å². The summed E-state index contributed by atoms with van der Waals surface area (Å²) in [5.74, 6) is -8.29. The van der Waals surface area contributed by atoms with E-state index in [0.29, 0.717) is 28.9 Å². The van der Waals surface area contributed by atoms with E-state index in [4.69, 9.17) is 9.63 Å². The van der Waals surface area contributed by atoms with E-state index in [-0.39, 0.29) is 17.9 Å². The van der Waals surface area contributed by atoms with Crippen LogP contribution in [0.4, 0.5) is 36.4 Å². The molecule has 0 aliphatic heterocycles. The molecule has 0 aliphatic carbocycles. The summed E-state index contributed by atoms with van der Waals surface area (Å²) in [6.45, 7) is 1.65. The maximum atomic E-state index is 14.1. The number of nitrogens with zero attached hydrogens (tertiary/aromatic N) is 2. The van der Waals surface area contributed by atoms with Crippen LogP contribution in [-0.2, 0) is 12.7 Å². The zero-order valence-electron chi connectivity index (χ0n) is 17.6. The van der Waals surface area contributed by atoms with Crippen molar-refractivity contribution < 1.29 is 40.4 Å². The Kier molecular flexibility index (Phi) is 6.14. The van der Waals surface area contributed by atoms with Gasteiger partial charge in [0, 0.05) is 17.8 Å². The molecule has 4 aromatic rings. The Morgan fingerprint density at radius 2 is 1.69 bits per heavy atom. The zero-order valence-corrected chi connectivity index (χ0v) is 17.6. The molecule has 1 heterocycles. The number of halogens is 7. The minimum atomic E-state index is -4.84. The van der Waals surface area contributed by atoms with Gasteiger partial charge < -0.3 is 14.9 Å². The number of hydrogen-bond donors (Lipinski definition) is 2. The van der Waals surface area contributed by atoms with Gasteiger partial charge in [-0.1, -0.05) is 23.4 Å². The standard InChI is InChI=1S/C23H14F7N3O2/c1-10-2-4-12(7-17(10)31-9-11-3-5-15(24)14(6-11)23(28,29)30)21-32-22(35-33-21)13-8-16(25)20(34)19(27)18(13)26/h2-8,31,34H,9H2,1H3. The third-order valence-electron chi connectivity index (χ3n) is 5.11. The lowest BCUT2D eigenvalue weighted by molar-refractivity contribution is -0.140. The number of benzene rings is 3. The number of phenolic OH excluding ortho intramolecular Hbond substituents is 1. The van der Waals surface area contributed by atoms with Gasteiger partial charge in [-0.05, 0) is 42.3 Å². The van der Waals surface area contributed by atoms with Crippen molar-refractivity contribution in [2.24, 2.45) is 0 Å². The van der Waals surface area contributed by atoms with E-state index in [1.807, 2.05) is 0 Å². The van der Waals surface area contributed by atoms with Crippen LogP contribution in [-0.4, -0.2) is 15.2 Å². The molecule has 35 heavy (non-hydrogen) atoms. The quantitative estimate of drug-likeness (QED) is 0.240. The maximum absolute atomic E-state index is 14.1. The lowest BCUT2D eigenvalue weighted by Crippen LogP contribution is -2.10. The summed E-state index contributed by atoms with van der Waals surface area (Å²) in [4.78, 5) is 3.93. The molecule has 0 radical (unpaired) electrons. The number of nitrogens with one attached hydrogen (secondary N) is 1. The summed E-state index contributed by atoms with van der Waals surface area (Å²) in [5.41, 5.74) is -0.390. The predicted octanol–water partition coefficient (Wildman–Crippen LogP) is 6.60. The van der Waals surface area contributed by atoms with Crippen LogP contribution in [0.25, 0.3) is 22.8 Å². The number of anilines is 1. The first-order valence-electron chi connectivity index (χ1n) is 9.86. The molecule has 3 aromatic carbocycles. The average molecular weight is 497 g/mol. The van der Waals surface area contributed by atoms with E-state index in [1.54, 1.807) is 19.1 Å². The van der Waals surface area contributed by atoms with Gasteiger partial charge in [-0.15, -0.1) is 0 Å². The van der Waals surface area contributed by atoms with Crippen LogP contribution < -0.4 is 5.32 Å². The fraction of sp³-hybridized carbons (Fsp3) is 0.130. The van der Waals surface area contributed by atoms with Gasteiger partial charge in [0.2, 0.25) is 11.6 Å². The Bertz CT molecular complexity index is 1420. The van der Waals surface area contributed by atoms with Crippen molar-refractivity contribution in [3.63, 3.8) is 0 Å². The molecule has 0 saturated heterocycles. The van der Waals surface area contributed by atoms with Gasteiger partial charge in [-0.3, -0.25) is 0 Å². The molecule has 12 heteroatoms. The highest BCUT2D eigenvalue weighted by atomic mass is 19.4. The molecule has 2 N–H and O–H groups in total. The van der Waals surface area contributed by atoms with Gasteiger partial charge in [-0.25, -0.2) is 13.2 Å². The van der Waals surface area contributed by atoms with E-state index in [0.717, 1.165) is 6.07 Å². The second-order valence-electron chi connectivity index (χ2n) is 7.50. The molecule has 0 aliphatic rings. The highest BCUT2D eigenvalue weighted by molar-refractivity contribution is 5.67. The van der Waals surface area contributed by atoms with Crippen molar-refractivity contribution in [3.05, 3.63) is 82.4 Å². The molecule has 0 fully saturated rings. The van der Waals surface area contributed by atoms with Crippen LogP contribution in [0.1, 0.15) is 16.7 Å². The SMILES string of the molecule is Cc1ccc(-c2noc(-c3cc(F)c(O)c(F)c3F)n2)cc1NCc1ccc(F)c(C(F)(F)F)c1. The molecule has 0 spiro atoms. The Morgan fingerprint density at radius 1 is 0.943 bits per heavy atom. The molecule has 0 unspecified atom stereocenters. The van der Waals surface area contributed by atoms with Crippen LogP contribution in [0.5, 0.6) is 5.75 Å². The number of phenols is 1. The summed E-state index contributed by atoms with van der Waals surface area (Å²) in [7, 11) is 0. The zero-order chi connectivity index (χ0) is 25.5. The van der Waals surface area contributed by atoms with E-state index < -0.39 is 52.2 Å². The van der Waals surface area contributed by atoms with Crippen molar-refractivity contribution in [3.8, 4) is 28.6 Å². The van der Waals surface area contributed by atoms with Gasteiger partial charge in [0.25, 0.3) is 5.89 Å². The molecule has 0 amide bonds. The summed E-state index contributed by atoms with van der Waals surface area (Å²) < 4.78 is 98.7. The Labute approximate surface area is 192 Å². The van der Waals surface area contributed by atoms with E-state index in [1.165, 1.54) is 12.1 Å². The summed E-state index contributed by atoms with van der Waals surface area (Å²) in [5, 5.41) is 15.8. The fourth-order valence-electron chi connectivity index (χ4n) is 3.24. The molecule has 1 aromatic heterocycles. The predicted molar refractivity (Wildman–Crippen MR) is 110 cm³/mol. The first-order chi connectivity index (χ1) is 16.5. The topological polar surface area (TPSA) is 71.2 Å².